The van der Waals surface area contributed by atoms with Gasteiger partial charge in [-0.3, -0.25) is 0 Å². The molecule has 1 aromatic heterocycles. The van der Waals surface area contributed by atoms with E-state index in [4.69, 9.17) is 14.5 Å². The van der Waals surface area contributed by atoms with Crippen molar-refractivity contribution < 1.29 is 9.47 Å². The molecule has 2 unspecified atom stereocenters. The first kappa shape index (κ1) is 35.6. The highest BCUT2D eigenvalue weighted by molar-refractivity contribution is 5.89. The van der Waals surface area contributed by atoms with Crippen LogP contribution in [0, 0.1) is 52.4 Å². The Labute approximate surface area is 290 Å². The fourth-order valence-corrected chi connectivity index (χ4v) is 7.98. The van der Waals surface area contributed by atoms with Crippen LogP contribution in [0.2, 0.25) is 0 Å². The summed E-state index contributed by atoms with van der Waals surface area (Å²) in [6.07, 6.45) is -0.748. The highest BCUT2D eigenvalue weighted by Gasteiger charge is 2.42. The Balaban J connectivity index is 2.00. The second-order valence-electron chi connectivity index (χ2n) is 16.8. The van der Waals surface area contributed by atoms with E-state index in [2.05, 4.69) is 158 Å². The first-order valence-electron chi connectivity index (χ1n) is 17.6. The molecule has 0 saturated carbocycles. The SMILES string of the molecule is CC1=C(C(C)(C)C)OC(c2cc(-c3c(C)cccc3C)nc(-c3cc(C)cc(C)c3)c2-c2cc(C)cc(C)c2C(C)C)OC1C(C)(C)C. The van der Waals surface area contributed by atoms with Gasteiger partial charge in [0, 0.05) is 27.7 Å². The average Bonchev–Trinajstić information content (AvgIpc) is 2.94. The van der Waals surface area contributed by atoms with E-state index in [1.54, 1.807) is 0 Å². The predicted molar refractivity (Wildman–Crippen MR) is 203 cm³/mol. The molecule has 1 aliphatic heterocycles. The van der Waals surface area contributed by atoms with Gasteiger partial charge in [0.15, 0.2) is 0 Å². The van der Waals surface area contributed by atoms with Crippen LogP contribution in [0.3, 0.4) is 0 Å². The first-order chi connectivity index (χ1) is 22.3. The molecule has 0 saturated heterocycles. The van der Waals surface area contributed by atoms with Gasteiger partial charge in [-0.2, -0.15) is 0 Å². The monoisotopic (exact) mass is 643 g/mol. The maximum absolute atomic E-state index is 7.18. The Hall–Kier alpha value is -3.69. The lowest BCUT2D eigenvalue weighted by atomic mass is 9.79. The van der Waals surface area contributed by atoms with Crippen LogP contribution in [0.1, 0.15) is 119 Å². The second-order valence-corrected chi connectivity index (χ2v) is 16.8. The zero-order valence-corrected chi connectivity index (χ0v) is 32.2. The van der Waals surface area contributed by atoms with Crippen LogP contribution < -0.4 is 0 Å². The minimum atomic E-state index is -0.626. The Morgan fingerprint density at radius 3 is 1.81 bits per heavy atom. The highest BCUT2D eigenvalue weighted by Crippen LogP contribution is 2.50. The van der Waals surface area contributed by atoms with Gasteiger partial charge in [-0.25, -0.2) is 4.98 Å². The van der Waals surface area contributed by atoms with Gasteiger partial charge >= 0.3 is 0 Å². The molecule has 0 spiro atoms. The molecule has 3 aromatic carbocycles. The van der Waals surface area contributed by atoms with Gasteiger partial charge in [-0.05, 0) is 111 Å². The van der Waals surface area contributed by atoms with E-state index in [-0.39, 0.29) is 16.9 Å². The van der Waals surface area contributed by atoms with Crippen LogP contribution in [0.4, 0.5) is 0 Å². The maximum atomic E-state index is 7.18. The number of hydrogen-bond acceptors (Lipinski definition) is 3. The summed E-state index contributed by atoms with van der Waals surface area (Å²) in [4.78, 5) is 5.64. The molecule has 4 aromatic rings. The summed E-state index contributed by atoms with van der Waals surface area (Å²) >= 11 is 0. The molecular formula is C45H57NO2. The summed E-state index contributed by atoms with van der Waals surface area (Å²) in [5.74, 6) is 1.31. The molecule has 1 aliphatic rings. The lowest BCUT2D eigenvalue weighted by molar-refractivity contribution is -0.196. The van der Waals surface area contributed by atoms with E-state index in [1.807, 2.05) is 0 Å². The van der Waals surface area contributed by atoms with Crippen molar-refractivity contribution in [2.75, 3.05) is 0 Å². The number of allylic oxidation sites excluding steroid dienone is 1. The van der Waals surface area contributed by atoms with Crippen LogP contribution in [-0.4, -0.2) is 11.1 Å². The van der Waals surface area contributed by atoms with Gasteiger partial charge in [-0.1, -0.05) is 108 Å². The molecule has 0 radical (unpaired) electrons. The topological polar surface area (TPSA) is 31.4 Å². The van der Waals surface area contributed by atoms with E-state index >= 15 is 0 Å². The van der Waals surface area contributed by atoms with Gasteiger partial charge < -0.3 is 9.47 Å². The Bertz CT molecular complexity index is 1850. The van der Waals surface area contributed by atoms with Crippen molar-refractivity contribution in [1.82, 2.24) is 4.98 Å². The van der Waals surface area contributed by atoms with Crippen LogP contribution in [0.25, 0.3) is 33.6 Å². The van der Waals surface area contributed by atoms with E-state index in [0.717, 1.165) is 39.4 Å². The van der Waals surface area contributed by atoms with E-state index < -0.39 is 6.29 Å². The van der Waals surface area contributed by atoms with E-state index in [9.17, 15) is 0 Å². The summed E-state index contributed by atoms with van der Waals surface area (Å²) in [6.45, 7) is 33.4. The zero-order valence-electron chi connectivity index (χ0n) is 32.2. The predicted octanol–water partition coefficient (Wildman–Crippen LogP) is 12.8. The number of hydrogen-bond donors (Lipinski definition) is 0. The van der Waals surface area contributed by atoms with Gasteiger partial charge in [0.25, 0.3) is 0 Å². The number of nitrogens with zero attached hydrogens (tertiary/aromatic N) is 1. The molecule has 2 heterocycles. The van der Waals surface area contributed by atoms with Gasteiger partial charge in [0.2, 0.25) is 6.29 Å². The molecule has 0 N–H and O–H groups in total. The van der Waals surface area contributed by atoms with Crippen LogP contribution in [-0.2, 0) is 9.47 Å². The zero-order chi connectivity index (χ0) is 35.5. The second kappa shape index (κ2) is 13.0. The summed E-state index contributed by atoms with van der Waals surface area (Å²) < 4.78 is 14.3. The largest absolute Gasteiger partial charge is 0.464 e. The van der Waals surface area contributed by atoms with Crippen molar-refractivity contribution in [3.8, 4) is 33.6 Å². The number of pyridine rings is 1. The maximum Gasteiger partial charge on any atom is 0.227 e. The number of rotatable bonds is 5. The lowest BCUT2D eigenvalue weighted by Crippen LogP contribution is -2.39. The van der Waals surface area contributed by atoms with Crippen LogP contribution in [0.15, 0.2) is 65.9 Å². The average molecular weight is 644 g/mol. The fraction of sp³-hybridized carbons (Fsp3) is 0.444. The summed E-state index contributed by atoms with van der Waals surface area (Å²) in [5, 5.41) is 0. The molecule has 0 fully saturated rings. The lowest BCUT2D eigenvalue weighted by Gasteiger charge is -2.43. The van der Waals surface area contributed by atoms with Crippen LogP contribution >= 0.6 is 0 Å². The van der Waals surface area contributed by atoms with Gasteiger partial charge in [0.1, 0.15) is 5.76 Å². The number of aromatic nitrogens is 1. The highest BCUT2D eigenvalue weighted by atomic mass is 16.7. The minimum Gasteiger partial charge on any atom is -0.464 e. The third kappa shape index (κ3) is 6.90. The van der Waals surface area contributed by atoms with E-state index in [0.29, 0.717) is 5.92 Å². The van der Waals surface area contributed by atoms with Crippen molar-refractivity contribution in [2.45, 2.75) is 122 Å². The summed E-state index contributed by atoms with van der Waals surface area (Å²) in [5.41, 5.74) is 17.0. The molecule has 3 heteroatoms. The summed E-state index contributed by atoms with van der Waals surface area (Å²) in [6, 6.07) is 20.2. The molecule has 254 valence electrons. The fourth-order valence-electron chi connectivity index (χ4n) is 7.98. The molecule has 2 atom stereocenters. The normalized spacial score (nSPS) is 17.2. The molecule has 0 bridgehead atoms. The van der Waals surface area contributed by atoms with Gasteiger partial charge in [-0.15, -0.1) is 0 Å². The Morgan fingerprint density at radius 1 is 0.688 bits per heavy atom. The minimum absolute atomic E-state index is 0.122. The first-order valence-corrected chi connectivity index (χ1v) is 17.6. The molecule has 0 aliphatic carbocycles. The molecule has 5 rings (SSSR count). The van der Waals surface area contributed by atoms with Crippen molar-refractivity contribution in [3.05, 3.63) is 110 Å². The quantitative estimate of drug-likeness (QED) is 0.217. The third-order valence-electron chi connectivity index (χ3n) is 9.62. The van der Waals surface area contributed by atoms with E-state index in [1.165, 1.54) is 50.1 Å². The molecule has 3 nitrogen and oxygen atoms in total. The van der Waals surface area contributed by atoms with Crippen molar-refractivity contribution in [1.29, 1.82) is 0 Å². The summed E-state index contributed by atoms with van der Waals surface area (Å²) in [7, 11) is 0. The molecule has 48 heavy (non-hydrogen) atoms. The smallest absolute Gasteiger partial charge is 0.227 e. The third-order valence-corrected chi connectivity index (χ3v) is 9.62. The number of aryl methyl sites for hydroxylation is 6. The van der Waals surface area contributed by atoms with Gasteiger partial charge in [0.05, 0.1) is 17.5 Å². The Morgan fingerprint density at radius 2 is 1.27 bits per heavy atom. The van der Waals surface area contributed by atoms with Crippen molar-refractivity contribution in [3.63, 3.8) is 0 Å². The van der Waals surface area contributed by atoms with Crippen LogP contribution in [0.5, 0.6) is 0 Å². The number of ether oxygens (including phenoxy) is 2. The van der Waals surface area contributed by atoms with Crippen molar-refractivity contribution in [2.24, 2.45) is 10.8 Å². The Kier molecular flexibility index (Phi) is 9.62. The molecular weight excluding hydrogens is 587 g/mol. The number of benzene rings is 3. The standard InChI is InChI=1S/C45H57NO2/c1-25(2)37-31(8)20-28(5)23-34(37)39-35(43-47-41(44(10,11)12)32(9)42(48-43)45(13,14)15)24-36(38-29(6)17-16-18-30(38)7)46-40(39)33-21-26(3)19-27(4)22-33/h16-25,41,43H,1-15H3. The molecule has 0 amide bonds. The van der Waals surface area contributed by atoms with Crippen molar-refractivity contribution >= 4 is 0 Å².